The molecule has 1 aromatic heterocycles. The van der Waals surface area contributed by atoms with Crippen molar-refractivity contribution in [2.45, 2.75) is 69.7 Å². The summed E-state index contributed by atoms with van der Waals surface area (Å²) < 4.78 is 48.4. The SMILES string of the molecule is CC(C)Oc1ccc([C@H](c2ccc(Cl)cc2)[C@H](NC(=O)O)C(=O)Nc2cccc(F)c2CCC2CNC3CCCS(=O)(=O)N2C3)cn1. The van der Waals surface area contributed by atoms with Gasteiger partial charge in [-0.1, -0.05) is 35.9 Å². The van der Waals surface area contributed by atoms with Crippen molar-refractivity contribution in [3.8, 4) is 5.88 Å². The van der Waals surface area contributed by atoms with Gasteiger partial charge in [-0.2, -0.15) is 4.31 Å². The molecule has 3 heterocycles. The highest BCUT2D eigenvalue weighted by molar-refractivity contribution is 7.89. The average Bonchev–Trinajstić information content (AvgIpc) is 3.13. The van der Waals surface area contributed by atoms with Crippen LogP contribution in [0.4, 0.5) is 14.9 Å². The van der Waals surface area contributed by atoms with Crippen molar-refractivity contribution in [3.05, 3.63) is 88.3 Å². The molecule has 0 radical (unpaired) electrons. The molecule has 2 bridgehead atoms. The first kappa shape index (κ1) is 34.6. The predicted octanol–water partition coefficient (Wildman–Crippen LogP) is 4.77. The highest BCUT2D eigenvalue weighted by Gasteiger charge is 2.38. The summed E-state index contributed by atoms with van der Waals surface area (Å²) in [4.78, 5) is 30.4. The number of anilines is 1. The fourth-order valence-corrected chi connectivity index (χ4v) is 8.20. The molecule has 2 saturated heterocycles. The lowest BCUT2D eigenvalue weighted by molar-refractivity contribution is -0.118. The first-order valence-electron chi connectivity index (χ1n) is 15.6. The summed E-state index contributed by atoms with van der Waals surface area (Å²) in [5, 5.41) is 18.8. The van der Waals surface area contributed by atoms with E-state index in [1.54, 1.807) is 42.5 Å². The number of fused-ring (bicyclic) bond motifs is 2. The minimum absolute atomic E-state index is 0.0818. The van der Waals surface area contributed by atoms with E-state index in [4.69, 9.17) is 16.3 Å². The highest BCUT2D eigenvalue weighted by Crippen LogP contribution is 2.32. The van der Waals surface area contributed by atoms with E-state index in [-0.39, 0.29) is 41.6 Å². The van der Waals surface area contributed by atoms with E-state index in [9.17, 15) is 23.1 Å². The van der Waals surface area contributed by atoms with Crippen molar-refractivity contribution < 1.29 is 32.2 Å². The Bertz CT molecular complexity index is 1680. The molecule has 2 aliphatic heterocycles. The van der Waals surface area contributed by atoms with Crippen LogP contribution in [0.1, 0.15) is 55.7 Å². The number of halogens is 2. The molecule has 2 aliphatic rings. The van der Waals surface area contributed by atoms with Crippen LogP contribution in [-0.2, 0) is 21.2 Å². The lowest BCUT2D eigenvalue weighted by Gasteiger charge is -2.37. The number of amides is 2. The number of carboxylic acid groups (broad SMARTS) is 1. The topological polar surface area (TPSA) is 150 Å². The molecule has 3 unspecified atom stereocenters. The minimum atomic E-state index is -3.44. The van der Waals surface area contributed by atoms with E-state index in [2.05, 4.69) is 20.9 Å². The van der Waals surface area contributed by atoms with Crippen LogP contribution in [0.25, 0.3) is 0 Å². The van der Waals surface area contributed by atoms with Crippen molar-refractivity contribution in [2.75, 3.05) is 24.2 Å². The summed E-state index contributed by atoms with van der Waals surface area (Å²) in [5.41, 5.74) is 1.48. The van der Waals surface area contributed by atoms with Crippen molar-refractivity contribution in [3.63, 3.8) is 0 Å². The lowest BCUT2D eigenvalue weighted by Crippen LogP contribution is -2.57. The molecule has 5 rings (SSSR count). The van der Waals surface area contributed by atoms with E-state index < -0.39 is 39.8 Å². The molecule has 0 aliphatic carbocycles. The van der Waals surface area contributed by atoms with Gasteiger partial charge in [-0.05, 0) is 74.9 Å². The summed E-state index contributed by atoms with van der Waals surface area (Å²) in [7, 11) is -3.44. The molecule has 5 atom stereocenters. The number of rotatable bonds is 11. The Morgan fingerprint density at radius 1 is 1.15 bits per heavy atom. The first-order chi connectivity index (χ1) is 22.4. The molecule has 14 heteroatoms. The molecule has 2 amide bonds. The van der Waals surface area contributed by atoms with Crippen LogP contribution in [0.3, 0.4) is 0 Å². The molecule has 2 aromatic carbocycles. The van der Waals surface area contributed by atoms with Gasteiger partial charge in [0.2, 0.25) is 21.8 Å². The minimum Gasteiger partial charge on any atom is -0.475 e. The second-order valence-electron chi connectivity index (χ2n) is 12.1. The lowest BCUT2D eigenvalue weighted by atomic mass is 9.85. The molecule has 252 valence electrons. The number of nitrogens with zero attached hydrogens (tertiary/aromatic N) is 2. The average molecular weight is 688 g/mol. The molecular weight excluding hydrogens is 649 g/mol. The summed E-state index contributed by atoms with van der Waals surface area (Å²) in [6.45, 7) is 4.55. The normalized spacial score (nSPS) is 21.7. The quantitative estimate of drug-likeness (QED) is 0.225. The van der Waals surface area contributed by atoms with Crippen LogP contribution in [0, 0.1) is 5.82 Å². The molecule has 2 fully saturated rings. The Balaban J connectivity index is 1.43. The van der Waals surface area contributed by atoms with E-state index in [1.807, 2.05) is 13.8 Å². The van der Waals surface area contributed by atoms with Crippen molar-refractivity contribution in [1.29, 1.82) is 0 Å². The Morgan fingerprint density at radius 3 is 2.57 bits per heavy atom. The second kappa shape index (κ2) is 15.0. The maximum absolute atomic E-state index is 15.3. The maximum Gasteiger partial charge on any atom is 0.405 e. The van der Waals surface area contributed by atoms with Crippen LogP contribution in [0.15, 0.2) is 60.8 Å². The fraction of sp³-hybridized carbons (Fsp3) is 0.424. The van der Waals surface area contributed by atoms with Gasteiger partial charge < -0.3 is 25.8 Å². The van der Waals surface area contributed by atoms with Crippen molar-refractivity contribution >= 4 is 39.3 Å². The number of carbonyl (C=O) groups is 2. The Hall–Kier alpha value is -3.78. The third-order valence-corrected chi connectivity index (χ3v) is 10.7. The Labute approximate surface area is 278 Å². The number of piperazine rings is 1. The number of benzene rings is 2. The zero-order valence-corrected chi connectivity index (χ0v) is 27.7. The largest absolute Gasteiger partial charge is 0.475 e. The van der Waals surface area contributed by atoms with Gasteiger partial charge in [0.05, 0.1) is 11.9 Å². The van der Waals surface area contributed by atoms with Gasteiger partial charge in [0.15, 0.2) is 0 Å². The fourth-order valence-electron chi connectivity index (χ4n) is 6.26. The third-order valence-electron chi connectivity index (χ3n) is 8.46. The number of nitrogens with one attached hydrogen (secondary N) is 3. The third kappa shape index (κ3) is 8.58. The van der Waals surface area contributed by atoms with Gasteiger partial charge in [0.1, 0.15) is 11.9 Å². The smallest absolute Gasteiger partial charge is 0.405 e. The number of carbonyl (C=O) groups excluding carboxylic acids is 1. The van der Waals surface area contributed by atoms with Crippen LogP contribution in [0.2, 0.25) is 5.02 Å². The zero-order valence-electron chi connectivity index (χ0n) is 26.2. The van der Waals surface area contributed by atoms with Gasteiger partial charge in [0.25, 0.3) is 0 Å². The van der Waals surface area contributed by atoms with Crippen molar-refractivity contribution in [1.82, 2.24) is 19.9 Å². The van der Waals surface area contributed by atoms with Gasteiger partial charge in [-0.15, -0.1) is 0 Å². The first-order valence-corrected chi connectivity index (χ1v) is 17.6. The predicted molar refractivity (Wildman–Crippen MR) is 177 cm³/mol. The van der Waals surface area contributed by atoms with Crippen LogP contribution in [0.5, 0.6) is 5.88 Å². The van der Waals surface area contributed by atoms with Crippen LogP contribution in [-0.4, -0.2) is 77.9 Å². The van der Waals surface area contributed by atoms with Crippen LogP contribution < -0.4 is 20.7 Å². The monoisotopic (exact) mass is 687 g/mol. The van der Waals surface area contributed by atoms with E-state index in [0.717, 1.165) is 6.42 Å². The van der Waals surface area contributed by atoms with E-state index in [0.29, 0.717) is 48.0 Å². The molecule has 0 spiro atoms. The standard InChI is InChI=1S/C33H39ClFN5O6S/c1-20(2)46-29-15-10-22(17-37-29)30(21-8-11-23(34)12-9-21)31(39-33(42)43)32(41)38-28-7-3-6-27(35)26(28)14-13-25-18-36-24-5-4-16-47(44,45)40(25)19-24/h3,6-12,15,17,20,24-25,30-31,36,39H,4-5,13-14,16,18-19H2,1-2H3,(H,38,41)(H,42,43)/t24?,25?,30-,31-/m0/s1. The summed E-state index contributed by atoms with van der Waals surface area (Å²) >= 11 is 6.14. The van der Waals surface area contributed by atoms with Gasteiger partial charge in [-0.3, -0.25) is 4.79 Å². The maximum atomic E-state index is 15.3. The number of sulfonamides is 1. The Morgan fingerprint density at radius 2 is 1.89 bits per heavy atom. The van der Waals surface area contributed by atoms with Crippen LogP contribution >= 0.6 is 11.6 Å². The molecular formula is C33H39ClFN5O6S. The summed E-state index contributed by atoms with van der Waals surface area (Å²) in [5.74, 6) is -1.69. The van der Waals surface area contributed by atoms with Gasteiger partial charge in [-0.25, -0.2) is 22.6 Å². The molecule has 11 nitrogen and oxygen atoms in total. The summed E-state index contributed by atoms with van der Waals surface area (Å²) in [6.07, 6.45) is 1.80. The number of ether oxygens (including phenoxy) is 1. The number of aromatic nitrogens is 1. The van der Waals surface area contributed by atoms with Crippen molar-refractivity contribution in [2.24, 2.45) is 0 Å². The zero-order chi connectivity index (χ0) is 33.7. The highest BCUT2D eigenvalue weighted by atomic mass is 35.5. The number of hydrogen-bond donors (Lipinski definition) is 4. The number of hydrogen-bond acceptors (Lipinski definition) is 7. The van der Waals surface area contributed by atoms with Gasteiger partial charge in [0, 0.05) is 59.6 Å². The van der Waals surface area contributed by atoms with Gasteiger partial charge >= 0.3 is 6.09 Å². The van der Waals surface area contributed by atoms with E-state index >= 15 is 4.39 Å². The molecule has 3 aromatic rings. The molecule has 47 heavy (non-hydrogen) atoms. The summed E-state index contributed by atoms with van der Waals surface area (Å²) in [6, 6.07) is 12.6. The number of pyridine rings is 1. The molecule has 4 N–H and O–H groups in total. The Kier molecular flexibility index (Phi) is 11.0. The second-order valence-corrected chi connectivity index (χ2v) is 14.6. The molecule has 0 saturated carbocycles. The van der Waals surface area contributed by atoms with E-state index in [1.165, 1.54) is 22.6 Å².